The lowest BCUT2D eigenvalue weighted by Crippen LogP contribution is -2.26. The zero-order chi connectivity index (χ0) is 17.5. The molecular formula is C20H21NO3. The molecule has 0 unspecified atom stereocenters. The van der Waals surface area contributed by atoms with Gasteiger partial charge in [0.05, 0.1) is 11.6 Å². The third-order valence-electron chi connectivity index (χ3n) is 3.66. The summed E-state index contributed by atoms with van der Waals surface area (Å²) in [6.45, 7) is 6.13. The first kappa shape index (κ1) is 17.6. The fraction of sp³-hybridized carbons (Fsp3) is 0.300. The second-order valence-corrected chi connectivity index (χ2v) is 5.90. The maximum atomic E-state index is 12.0. The van der Waals surface area contributed by atoms with Crippen LogP contribution < -0.4 is 4.74 Å². The van der Waals surface area contributed by atoms with E-state index >= 15 is 0 Å². The van der Waals surface area contributed by atoms with Crippen molar-refractivity contribution < 1.29 is 14.3 Å². The summed E-state index contributed by atoms with van der Waals surface area (Å²) in [4.78, 5) is 12.0. The van der Waals surface area contributed by atoms with Crippen molar-refractivity contribution in [3.63, 3.8) is 0 Å². The van der Waals surface area contributed by atoms with E-state index in [2.05, 4.69) is 13.8 Å². The molecule has 0 amide bonds. The van der Waals surface area contributed by atoms with Gasteiger partial charge in [-0.15, -0.1) is 0 Å². The van der Waals surface area contributed by atoms with Crippen molar-refractivity contribution in [2.75, 3.05) is 0 Å². The molecule has 0 aliphatic heterocycles. The molecule has 4 nitrogen and oxygen atoms in total. The van der Waals surface area contributed by atoms with Crippen molar-refractivity contribution in [2.24, 2.45) is 0 Å². The van der Waals surface area contributed by atoms with Gasteiger partial charge in [-0.3, -0.25) is 0 Å². The molecule has 0 fully saturated rings. The summed E-state index contributed by atoms with van der Waals surface area (Å²) < 4.78 is 10.8. The van der Waals surface area contributed by atoms with Gasteiger partial charge in [-0.1, -0.05) is 38.1 Å². The van der Waals surface area contributed by atoms with Crippen LogP contribution in [-0.4, -0.2) is 12.1 Å². The summed E-state index contributed by atoms with van der Waals surface area (Å²) in [6, 6.07) is 16.7. The molecule has 0 radical (unpaired) electrons. The third kappa shape index (κ3) is 4.85. The van der Waals surface area contributed by atoms with Crippen molar-refractivity contribution in [2.45, 2.75) is 39.4 Å². The van der Waals surface area contributed by atoms with Crippen molar-refractivity contribution in [1.29, 1.82) is 5.26 Å². The summed E-state index contributed by atoms with van der Waals surface area (Å²) >= 11 is 0. The number of carbonyl (C=O) groups excluding carboxylic acids is 1. The van der Waals surface area contributed by atoms with E-state index in [0.717, 1.165) is 5.56 Å². The first-order valence-corrected chi connectivity index (χ1v) is 7.92. The van der Waals surface area contributed by atoms with Gasteiger partial charge in [0, 0.05) is 0 Å². The SMILES string of the molecule is CC(C)c1ccc(COC(=O)[C@@H](C)Oc2ccc(C#N)cc2)cc1. The summed E-state index contributed by atoms with van der Waals surface area (Å²) in [5, 5.41) is 8.76. The number of benzene rings is 2. The summed E-state index contributed by atoms with van der Waals surface area (Å²) in [7, 11) is 0. The summed E-state index contributed by atoms with van der Waals surface area (Å²) in [5.41, 5.74) is 2.74. The predicted octanol–water partition coefficient (Wildman–Crippen LogP) is 4.19. The number of carbonyl (C=O) groups is 1. The normalized spacial score (nSPS) is 11.6. The Bertz CT molecular complexity index is 712. The monoisotopic (exact) mass is 323 g/mol. The lowest BCUT2D eigenvalue weighted by Gasteiger charge is -2.14. The number of ether oxygens (including phenoxy) is 2. The largest absolute Gasteiger partial charge is 0.479 e. The van der Waals surface area contributed by atoms with E-state index in [1.54, 1.807) is 31.2 Å². The van der Waals surface area contributed by atoms with Crippen molar-refractivity contribution in [1.82, 2.24) is 0 Å². The Balaban J connectivity index is 1.85. The highest BCUT2D eigenvalue weighted by molar-refractivity contribution is 5.74. The molecule has 0 aromatic heterocycles. The lowest BCUT2D eigenvalue weighted by atomic mass is 10.0. The molecule has 4 heteroatoms. The van der Waals surface area contributed by atoms with Crippen LogP contribution in [0.5, 0.6) is 5.75 Å². The van der Waals surface area contributed by atoms with Crippen LogP contribution in [0.3, 0.4) is 0 Å². The van der Waals surface area contributed by atoms with Crippen molar-refractivity contribution >= 4 is 5.97 Å². The zero-order valence-corrected chi connectivity index (χ0v) is 14.2. The molecule has 1 atom stereocenters. The maximum absolute atomic E-state index is 12.0. The molecule has 0 bridgehead atoms. The molecule has 2 rings (SSSR count). The summed E-state index contributed by atoms with van der Waals surface area (Å²) in [6.07, 6.45) is -0.715. The minimum absolute atomic E-state index is 0.221. The highest BCUT2D eigenvalue weighted by Crippen LogP contribution is 2.16. The van der Waals surface area contributed by atoms with E-state index in [1.165, 1.54) is 5.56 Å². The lowest BCUT2D eigenvalue weighted by molar-refractivity contribution is -0.152. The Morgan fingerprint density at radius 1 is 1.04 bits per heavy atom. The maximum Gasteiger partial charge on any atom is 0.347 e. The Labute approximate surface area is 142 Å². The van der Waals surface area contributed by atoms with Crippen molar-refractivity contribution in [3.8, 4) is 11.8 Å². The first-order valence-electron chi connectivity index (χ1n) is 7.92. The number of nitriles is 1. The molecule has 0 spiro atoms. The van der Waals surface area contributed by atoms with E-state index < -0.39 is 12.1 Å². The molecule has 0 aliphatic carbocycles. The number of nitrogens with zero attached hydrogens (tertiary/aromatic N) is 1. The second-order valence-electron chi connectivity index (χ2n) is 5.90. The van der Waals surface area contributed by atoms with Crippen LogP contribution >= 0.6 is 0 Å². The topological polar surface area (TPSA) is 59.3 Å². The standard InChI is InChI=1S/C20H21NO3/c1-14(2)18-8-4-17(5-9-18)13-23-20(22)15(3)24-19-10-6-16(12-21)7-11-19/h4-11,14-15H,13H2,1-3H3/t15-/m1/s1. The molecule has 0 heterocycles. The minimum Gasteiger partial charge on any atom is -0.479 e. The van der Waals surface area contributed by atoms with Crippen LogP contribution in [-0.2, 0) is 16.1 Å². The number of rotatable bonds is 6. The van der Waals surface area contributed by atoms with Crippen LogP contribution in [0.4, 0.5) is 0 Å². The Morgan fingerprint density at radius 3 is 2.21 bits per heavy atom. The highest BCUT2D eigenvalue weighted by Gasteiger charge is 2.16. The molecule has 0 saturated heterocycles. The van der Waals surface area contributed by atoms with E-state index in [1.807, 2.05) is 30.3 Å². The molecule has 24 heavy (non-hydrogen) atoms. The second kappa shape index (κ2) is 8.16. The van der Waals surface area contributed by atoms with Gasteiger partial charge >= 0.3 is 5.97 Å². The van der Waals surface area contributed by atoms with Gasteiger partial charge in [-0.2, -0.15) is 5.26 Å². The van der Waals surface area contributed by atoms with Gasteiger partial charge in [-0.05, 0) is 48.2 Å². The van der Waals surface area contributed by atoms with Crippen LogP contribution in [0, 0.1) is 11.3 Å². The van der Waals surface area contributed by atoms with Crippen LogP contribution in [0.2, 0.25) is 0 Å². The summed E-state index contributed by atoms with van der Waals surface area (Å²) in [5.74, 6) is 0.578. The fourth-order valence-corrected chi connectivity index (χ4v) is 2.13. The van der Waals surface area contributed by atoms with Gasteiger partial charge in [-0.25, -0.2) is 4.79 Å². The minimum atomic E-state index is -0.715. The van der Waals surface area contributed by atoms with Gasteiger partial charge in [0.2, 0.25) is 0 Å². The van der Waals surface area contributed by atoms with Crippen LogP contribution in [0.1, 0.15) is 43.4 Å². The van der Waals surface area contributed by atoms with E-state index in [9.17, 15) is 4.79 Å². The van der Waals surface area contributed by atoms with E-state index in [0.29, 0.717) is 17.2 Å². The molecule has 124 valence electrons. The fourth-order valence-electron chi connectivity index (χ4n) is 2.13. The number of hydrogen-bond acceptors (Lipinski definition) is 4. The average Bonchev–Trinajstić information content (AvgIpc) is 2.60. The quantitative estimate of drug-likeness (QED) is 0.748. The Morgan fingerprint density at radius 2 is 1.67 bits per heavy atom. The number of esters is 1. The van der Waals surface area contributed by atoms with Crippen LogP contribution in [0.15, 0.2) is 48.5 Å². The highest BCUT2D eigenvalue weighted by atomic mass is 16.6. The molecule has 2 aromatic carbocycles. The van der Waals surface area contributed by atoms with E-state index in [-0.39, 0.29) is 6.61 Å². The van der Waals surface area contributed by atoms with E-state index in [4.69, 9.17) is 14.7 Å². The molecule has 0 aliphatic rings. The molecular weight excluding hydrogens is 302 g/mol. The predicted molar refractivity (Wildman–Crippen MR) is 91.6 cm³/mol. The average molecular weight is 323 g/mol. The Kier molecular flexibility index (Phi) is 5.97. The van der Waals surface area contributed by atoms with Gasteiger partial charge in [0.25, 0.3) is 0 Å². The van der Waals surface area contributed by atoms with Crippen molar-refractivity contribution in [3.05, 3.63) is 65.2 Å². The zero-order valence-electron chi connectivity index (χ0n) is 14.2. The third-order valence-corrected chi connectivity index (χ3v) is 3.66. The number of hydrogen-bond donors (Lipinski definition) is 0. The first-order chi connectivity index (χ1) is 11.5. The van der Waals surface area contributed by atoms with Gasteiger partial charge in [0.1, 0.15) is 12.4 Å². The van der Waals surface area contributed by atoms with Gasteiger partial charge in [0.15, 0.2) is 6.10 Å². The molecule has 2 aromatic rings. The Hall–Kier alpha value is -2.80. The molecule has 0 N–H and O–H groups in total. The molecule has 0 saturated carbocycles. The van der Waals surface area contributed by atoms with Crippen LogP contribution in [0.25, 0.3) is 0 Å². The smallest absolute Gasteiger partial charge is 0.347 e. The van der Waals surface area contributed by atoms with Gasteiger partial charge < -0.3 is 9.47 Å².